The summed E-state index contributed by atoms with van der Waals surface area (Å²) >= 11 is 0. The van der Waals surface area contributed by atoms with Crippen LogP contribution in [0.4, 0.5) is 0 Å². The van der Waals surface area contributed by atoms with Crippen molar-refractivity contribution in [2.45, 2.75) is 37.6 Å². The smallest absolute Gasteiger partial charge is 0.258 e. The Bertz CT molecular complexity index is 1190. The van der Waals surface area contributed by atoms with Crippen molar-refractivity contribution in [1.29, 1.82) is 0 Å². The predicted molar refractivity (Wildman–Crippen MR) is 135 cm³/mol. The summed E-state index contributed by atoms with van der Waals surface area (Å²) < 4.78 is 0. The van der Waals surface area contributed by atoms with Gasteiger partial charge in [0.15, 0.2) is 0 Å². The van der Waals surface area contributed by atoms with Gasteiger partial charge in [-0.25, -0.2) is 0 Å². The van der Waals surface area contributed by atoms with Crippen LogP contribution in [0.25, 0.3) is 0 Å². The number of nitrogens with zero attached hydrogens (tertiary/aromatic N) is 3. The van der Waals surface area contributed by atoms with Crippen molar-refractivity contribution in [3.05, 3.63) is 119 Å². The van der Waals surface area contributed by atoms with E-state index in [1.54, 1.807) is 0 Å². The summed E-state index contributed by atoms with van der Waals surface area (Å²) in [5.74, 6) is 0.508. The van der Waals surface area contributed by atoms with Crippen molar-refractivity contribution < 1.29 is 4.79 Å². The third kappa shape index (κ3) is 3.17. The molecular formula is C30H31N3O. The molecule has 1 fully saturated rings. The van der Waals surface area contributed by atoms with Crippen LogP contribution in [0, 0.1) is 5.92 Å². The van der Waals surface area contributed by atoms with Gasteiger partial charge in [0, 0.05) is 11.8 Å². The van der Waals surface area contributed by atoms with Crippen LogP contribution in [0.1, 0.15) is 58.5 Å². The molecule has 172 valence electrons. The zero-order valence-electron chi connectivity index (χ0n) is 20.0. The maximum Gasteiger partial charge on any atom is 0.258 e. The monoisotopic (exact) mass is 449 g/mol. The van der Waals surface area contributed by atoms with Gasteiger partial charge in [0.25, 0.3) is 5.91 Å². The minimum Gasteiger partial charge on any atom is -0.307 e. The first-order valence-electron chi connectivity index (χ1n) is 12.2. The number of rotatable bonds is 3. The van der Waals surface area contributed by atoms with Gasteiger partial charge in [0.05, 0.1) is 24.3 Å². The lowest BCUT2D eigenvalue weighted by atomic mass is 9.86. The summed E-state index contributed by atoms with van der Waals surface area (Å²) in [5.41, 5.74) is 5.99. The highest BCUT2D eigenvalue weighted by atomic mass is 16.2. The first-order chi connectivity index (χ1) is 16.6. The van der Waals surface area contributed by atoms with Gasteiger partial charge < -0.3 is 4.90 Å². The molecule has 1 amide bonds. The summed E-state index contributed by atoms with van der Waals surface area (Å²) in [6, 6.07) is 30.3. The quantitative estimate of drug-likeness (QED) is 0.506. The lowest BCUT2D eigenvalue weighted by Crippen LogP contribution is -2.42. The zero-order valence-corrected chi connectivity index (χ0v) is 20.0. The average molecular weight is 450 g/mol. The number of hydrogen-bond donors (Lipinski definition) is 0. The maximum absolute atomic E-state index is 13.3. The van der Waals surface area contributed by atoms with E-state index in [0.29, 0.717) is 5.92 Å². The van der Waals surface area contributed by atoms with Crippen LogP contribution < -0.4 is 0 Å². The molecule has 6 rings (SSSR count). The Balaban J connectivity index is 1.43. The van der Waals surface area contributed by atoms with Crippen LogP contribution in [-0.4, -0.2) is 40.9 Å². The number of carbonyl (C=O) groups excluding carboxylic acids is 1. The molecule has 0 aliphatic carbocycles. The largest absolute Gasteiger partial charge is 0.307 e. The van der Waals surface area contributed by atoms with E-state index in [1.807, 2.05) is 23.1 Å². The highest BCUT2D eigenvalue weighted by Gasteiger charge is 2.49. The molecule has 34 heavy (non-hydrogen) atoms. The molecule has 0 spiro atoms. The molecular weight excluding hydrogens is 418 g/mol. The third-order valence-electron chi connectivity index (χ3n) is 8.08. The normalized spacial score (nSPS) is 27.6. The predicted octanol–water partition coefficient (Wildman–Crippen LogP) is 5.79. The van der Waals surface area contributed by atoms with Crippen LogP contribution in [0.5, 0.6) is 0 Å². The molecule has 0 saturated carbocycles. The number of likely N-dealkylation sites (N-methyl/N-ethyl adjacent to an activating group) is 2. The van der Waals surface area contributed by atoms with E-state index in [9.17, 15) is 4.79 Å². The molecule has 1 saturated heterocycles. The zero-order chi connectivity index (χ0) is 23.4. The standard InChI is InChI=1S/C30H31N3O/c1-20-18-26-23-16-10-11-17-24(23)30(34)33(26)19-25(20)29-31(2)27(21-12-6-4-7-13-21)28(32(29)3)22-14-8-5-9-15-22/h4-17,19-20,26-29H,18H2,1-3H3/t20-,26+,27-,28-/m0/s1. The van der Waals surface area contributed by atoms with E-state index < -0.39 is 0 Å². The van der Waals surface area contributed by atoms with Crippen LogP contribution in [0.15, 0.2) is 96.7 Å². The fourth-order valence-electron chi connectivity index (χ4n) is 6.52. The molecule has 3 aromatic rings. The van der Waals surface area contributed by atoms with Crippen molar-refractivity contribution in [3.8, 4) is 0 Å². The van der Waals surface area contributed by atoms with Crippen molar-refractivity contribution in [2.24, 2.45) is 5.92 Å². The topological polar surface area (TPSA) is 26.8 Å². The van der Waals surface area contributed by atoms with E-state index in [2.05, 4.69) is 104 Å². The van der Waals surface area contributed by atoms with E-state index in [1.165, 1.54) is 22.3 Å². The minimum atomic E-state index is 0.114. The van der Waals surface area contributed by atoms with Crippen molar-refractivity contribution in [2.75, 3.05) is 14.1 Å². The number of carbonyl (C=O) groups is 1. The third-order valence-corrected chi connectivity index (χ3v) is 8.08. The molecule has 3 heterocycles. The molecule has 4 atom stereocenters. The van der Waals surface area contributed by atoms with Crippen LogP contribution >= 0.6 is 0 Å². The summed E-state index contributed by atoms with van der Waals surface area (Å²) in [4.78, 5) is 20.3. The van der Waals surface area contributed by atoms with E-state index in [-0.39, 0.29) is 30.2 Å². The number of benzene rings is 3. The lowest BCUT2D eigenvalue weighted by molar-refractivity contribution is 0.0761. The summed E-state index contributed by atoms with van der Waals surface area (Å²) in [7, 11) is 4.48. The highest BCUT2D eigenvalue weighted by molar-refractivity contribution is 6.00. The highest BCUT2D eigenvalue weighted by Crippen LogP contribution is 2.51. The average Bonchev–Trinajstić information content (AvgIpc) is 3.29. The van der Waals surface area contributed by atoms with E-state index >= 15 is 0 Å². The Kier molecular flexibility index (Phi) is 5.16. The molecule has 3 aromatic carbocycles. The van der Waals surface area contributed by atoms with Gasteiger partial charge in [0.1, 0.15) is 0 Å². The summed E-state index contributed by atoms with van der Waals surface area (Å²) in [5, 5.41) is 0. The van der Waals surface area contributed by atoms with Gasteiger partial charge >= 0.3 is 0 Å². The Hall–Kier alpha value is -3.21. The molecule has 0 N–H and O–H groups in total. The number of fused-ring (bicyclic) bond motifs is 3. The number of hydrogen-bond acceptors (Lipinski definition) is 3. The Morgan fingerprint density at radius 3 is 1.85 bits per heavy atom. The second-order valence-corrected chi connectivity index (χ2v) is 10.00. The molecule has 3 aliphatic heterocycles. The fourth-order valence-corrected chi connectivity index (χ4v) is 6.52. The summed E-state index contributed by atoms with van der Waals surface area (Å²) in [6.07, 6.45) is 3.25. The SMILES string of the molecule is C[C@H]1C[C@@H]2c3ccccc3C(=O)N2C=C1C1N(C)[C@@H](c2ccccc2)[C@H](c2ccccc2)N1C. The van der Waals surface area contributed by atoms with E-state index in [4.69, 9.17) is 0 Å². The van der Waals surface area contributed by atoms with Crippen LogP contribution in [0.3, 0.4) is 0 Å². The molecule has 4 nitrogen and oxygen atoms in total. The van der Waals surface area contributed by atoms with Crippen molar-refractivity contribution in [3.63, 3.8) is 0 Å². The molecule has 3 aliphatic rings. The van der Waals surface area contributed by atoms with Gasteiger partial charge in [-0.3, -0.25) is 14.6 Å². The number of amides is 1. The molecule has 0 bridgehead atoms. The van der Waals surface area contributed by atoms with Gasteiger partial charge in [-0.1, -0.05) is 85.8 Å². The van der Waals surface area contributed by atoms with Gasteiger partial charge in [-0.05, 0) is 54.8 Å². The minimum absolute atomic E-state index is 0.114. The molecule has 0 aromatic heterocycles. The van der Waals surface area contributed by atoms with Crippen LogP contribution in [0.2, 0.25) is 0 Å². The molecule has 0 unspecified atom stereocenters. The van der Waals surface area contributed by atoms with E-state index in [0.717, 1.165) is 12.0 Å². The maximum atomic E-state index is 13.3. The Morgan fingerprint density at radius 1 is 0.735 bits per heavy atom. The molecule has 4 heteroatoms. The van der Waals surface area contributed by atoms with Crippen LogP contribution in [-0.2, 0) is 0 Å². The molecule has 0 radical (unpaired) electrons. The fraction of sp³-hybridized carbons (Fsp3) is 0.300. The Morgan fingerprint density at radius 2 is 1.26 bits per heavy atom. The summed E-state index contributed by atoms with van der Waals surface area (Å²) in [6.45, 7) is 2.32. The first kappa shape index (κ1) is 21.3. The Labute approximate surface area is 202 Å². The lowest BCUT2D eigenvalue weighted by Gasteiger charge is -2.39. The second kappa shape index (κ2) is 8.23. The van der Waals surface area contributed by atoms with Gasteiger partial charge in [-0.15, -0.1) is 0 Å². The van der Waals surface area contributed by atoms with Crippen molar-refractivity contribution in [1.82, 2.24) is 14.7 Å². The first-order valence-corrected chi connectivity index (χ1v) is 12.2. The van der Waals surface area contributed by atoms with Crippen molar-refractivity contribution >= 4 is 5.91 Å². The van der Waals surface area contributed by atoms with Gasteiger partial charge in [0.2, 0.25) is 0 Å². The second-order valence-electron chi connectivity index (χ2n) is 10.00. The van der Waals surface area contributed by atoms with Gasteiger partial charge in [-0.2, -0.15) is 0 Å².